The van der Waals surface area contributed by atoms with Crippen molar-refractivity contribution in [2.75, 3.05) is 0 Å². The van der Waals surface area contributed by atoms with Crippen LogP contribution in [0.1, 0.15) is 0 Å². The maximum atomic E-state index is 4.74. The van der Waals surface area contributed by atoms with Gasteiger partial charge in [-0.05, 0) is 48.5 Å². The molecule has 4 aromatic carbocycles. The molecule has 0 unspecified atom stereocenters. The molecule has 0 saturated heterocycles. The molecule has 7 heteroatoms. The normalized spacial score (nSPS) is 11.7. The summed E-state index contributed by atoms with van der Waals surface area (Å²) in [7, 11) is 0. The number of fused-ring (bicyclic) bond motifs is 6. The van der Waals surface area contributed by atoms with Crippen LogP contribution in [0.2, 0.25) is 0 Å². The van der Waals surface area contributed by atoms with E-state index in [0.717, 1.165) is 60.0 Å². The molecule has 0 N–H and O–H groups in total. The number of para-hydroxylation sites is 2. The molecule has 6 nitrogen and oxygen atoms in total. The predicted molar refractivity (Wildman–Crippen MR) is 175 cm³/mol. The minimum atomic E-state index is 0.882. The number of hydrogen-bond donors (Lipinski definition) is 0. The van der Waals surface area contributed by atoms with Gasteiger partial charge in [-0.3, -0.25) is 9.97 Å². The van der Waals surface area contributed by atoms with Gasteiger partial charge in [-0.2, -0.15) is 0 Å². The standard InChI is InChI=1S/C36H22N6S/c1-3-13-30-26(10-1)27-17-16-23(20-33(27)42(30)25-9-7-19-38-22-25)35-39-40-36(43-35)29-12-5-15-32-34(29)28-11-2-4-14-31(28)41(32)24-8-6-18-37-21-24/h1-22H. The summed E-state index contributed by atoms with van der Waals surface area (Å²) in [6.07, 6.45) is 7.42. The molecule has 0 bridgehead atoms. The van der Waals surface area contributed by atoms with E-state index in [-0.39, 0.29) is 0 Å². The Morgan fingerprint density at radius 2 is 1.12 bits per heavy atom. The fourth-order valence-electron chi connectivity index (χ4n) is 6.28. The van der Waals surface area contributed by atoms with Crippen LogP contribution < -0.4 is 0 Å². The largest absolute Gasteiger partial charge is 0.308 e. The second kappa shape index (κ2) is 9.44. The Labute approximate surface area is 250 Å². The molecule has 5 aromatic heterocycles. The summed E-state index contributed by atoms with van der Waals surface area (Å²) in [5, 5.41) is 16.0. The maximum absolute atomic E-state index is 4.74. The highest BCUT2D eigenvalue weighted by molar-refractivity contribution is 7.18. The van der Waals surface area contributed by atoms with Crippen molar-refractivity contribution in [3.8, 4) is 32.5 Å². The van der Waals surface area contributed by atoms with E-state index in [2.05, 4.69) is 116 Å². The van der Waals surface area contributed by atoms with Crippen LogP contribution in [0.15, 0.2) is 134 Å². The Morgan fingerprint density at radius 1 is 0.488 bits per heavy atom. The molecule has 0 aliphatic heterocycles. The van der Waals surface area contributed by atoms with E-state index >= 15 is 0 Å². The van der Waals surface area contributed by atoms with Crippen molar-refractivity contribution in [1.82, 2.24) is 29.3 Å². The predicted octanol–water partition coefficient (Wildman–Crippen LogP) is 8.86. The van der Waals surface area contributed by atoms with Crippen molar-refractivity contribution in [3.63, 3.8) is 0 Å². The lowest BCUT2D eigenvalue weighted by atomic mass is 10.1. The van der Waals surface area contributed by atoms with Crippen molar-refractivity contribution in [2.45, 2.75) is 0 Å². The van der Waals surface area contributed by atoms with E-state index < -0.39 is 0 Å². The van der Waals surface area contributed by atoms with Gasteiger partial charge < -0.3 is 9.13 Å². The summed E-state index contributed by atoms with van der Waals surface area (Å²) < 4.78 is 4.55. The zero-order chi connectivity index (χ0) is 28.3. The molecule has 0 fully saturated rings. The molecule has 0 radical (unpaired) electrons. The summed E-state index contributed by atoms with van der Waals surface area (Å²) in [6.45, 7) is 0. The van der Waals surface area contributed by atoms with E-state index in [0.29, 0.717) is 0 Å². The topological polar surface area (TPSA) is 61.4 Å². The van der Waals surface area contributed by atoms with Gasteiger partial charge in [0.15, 0.2) is 0 Å². The zero-order valence-corrected chi connectivity index (χ0v) is 23.6. The Balaban J connectivity index is 1.23. The van der Waals surface area contributed by atoms with Gasteiger partial charge in [-0.15, -0.1) is 10.2 Å². The smallest absolute Gasteiger partial charge is 0.148 e. The van der Waals surface area contributed by atoms with Crippen molar-refractivity contribution in [1.29, 1.82) is 0 Å². The van der Waals surface area contributed by atoms with Crippen LogP contribution in [0.5, 0.6) is 0 Å². The molecule has 9 aromatic rings. The second-order valence-corrected chi connectivity index (χ2v) is 11.4. The summed E-state index contributed by atoms with van der Waals surface area (Å²) in [6, 6.07) is 38.1. The van der Waals surface area contributed by atoms with Gasteiger partial charge in [0.25, 0.3) is 0 Å². The first-order valence-electron chi connectivity index (χ1n) is 14.1. The number of benzene rings is 4. The van der Waals surface area contributed by atoms with Gasteiger partial charge in [-0.25, -0.2) is 0 Å². The number of pyridine rings is 2. The van der Waals surface area contributed by atoms with E-state index in [4.69, 9.17) is 10.2 Å². The van der Waals surface area contributed by atoms with E-state index in [1.807, 2.05) is 24.5 Å². The fourth-order valence-corrected chi connectivity index (χ4v) is 7.15. The third kappa shape index (κ3) is 3.65. The highest BCUT2D eigenvalue weighted by Crippen LogP contribution is 2.41. The van der Waals surface area contributed by atoms with Gasteiger partial charge in [0, 0.05) is 45.1 Å². The van der Waals surface area contributed by atoms with Gasteiger partial charge in [-0.1, -0.05) is 72.0 Å². The molecular formula is C36H22N6S. The summed E-state index contributed by atoms with van der Waals surface area (Å²) >= 11 is 1.62. The Bertz CT molecular complexity index is 2460. The van der Waals surface area contributed by atoms with Crippen LogP contribution in [0.3, 0.4) is 0 Å². The number of nitrogens with zero attached hydrogens (tertiary/aromatic N) is 6. The van der Waals surface area contributed by atoms with Crippen molar-refractivity contribution < 1.29 is 0 Å². The van der Waals surface area contributed by atoms with E-state index in [1.165, 1.54) is 16.2 Å². The molecule has 0 amide bonds. The quantitative estimate of drug-likeness (QED) is 0.212. The van der Waals surface area contributed by atoms with Crippen molar-refractivity contribution >= 4 is 54.9 Å². The summed E-state index contributed by atoms with van der Waals surface area (Å²) in [5.41, 5.74) is 8.69. The van der Waals surface area contributed by atoms with Gasteiger partial charge in [0.2, 0.25) is 0 Å². The lowest BCUT2D eigenvalue weighted by molar-refractivity contribution is 1.10. The molecule has 9 rings (SSSR count). The van der Waals surface area contributed by atoms with Crippen LogP contribution in [0.4, 0.5) is 0 Å². The van der Waals surface area contributed by atoms with Crippen LogP contribution in [0.25, 0.3) is 76.1 Å². The second-order valence-electron chi connectivity index (χ2n) is 10.5. The first-order chi connectivity index (χ1) is 21.3. The number of rotatable bonds is 4. The Hall–Kier alpha value is -5.66. The SMILES string of the molecule is c1cncc(-n2c3ccccc3c3ccc(-c4nnc(-c5cccc6c5c5ccccc5n6-c5cccnc5)s4)cc32)c1. The average molecular weight is 571 g/mol. The average Bonchev–Trinajstić information content (AvgIpc) is 3.78. The van der Waals surface area contributed by atoms with Gasteiger partial charge in [0.05, 0.1) is 45.8 Å². The molecule has 0 saturated carbocycles. The molecule has 0 aliphatic carbocycles. The molecule has 43 heavy (non-hydrogen) atoms. The lowest BCUT2D eigenvalue weighted by Gasteiger charge is -2.07. The Kier molecular flexibility index (Phi) is 5.27. The number of aromatic nitrogens is 6. The lowest BCUT2D eigenvalue weighted by Crippen LogP contribution is -1.94. The van der Waals surface area contributed by atoms with Crippen molar-refractivity contribution in [3.05, 3.63) is 134 Å². The number of hydrogen-bond acceptors (Lipinski definition) is 5. The monoisotopic (exact) mass is 570 g/mol. The third-order valence-corrected chi connectivity index (χ3v) is 9.09. The van der Waals surface area contributed by atoms with Gasteiger partial charge in [0.1, 0.15) is 10.0 Å². The first kappa shape index (κ1) is 24.0. The van der Waals surface area contributed by atoms with Crippen molar-refractivity contribution in [2.24, 2.45) is 0 Å². The summed E-state index contributed by atoms with van der Waals surface area (Å²) in [4.78, 5) is 8.78. The highest BCUT2D eigenvalue weighted by atomic mass is 32.1. The fraction of sp³-hybridized carbons (Fsp3) is 0. The molecule has 5 heterocycles. The zero-order valence-electron chi connectivity index (χ0n) is 22.8. The molecule has 0 spiro atoms. The Morgan fingerprint density at radius 3 is 1.86 bits per heavy atom. The van der Waals surface area contributed by atoms with Gasteiger partial charge >= 0.3 is 0 Å². The maximum Gasteiger partial charge on any atom is 0.148 e. The van der Waals surface area contributed by atoms with Crippen LogP contribution in [-0.4, -0.2) is 29.3 Å². The highest BCUT2D eigenvalue weighted by Gasteiger charge is 2.19. The molecule has 0 atom stereocenters. The summed E-state index contributed by atoms with van der Waals surface area (Å²) in [5.74, 6) is 0. The molecule has 202 valence electrons. The first-order valence-corrected chi connectivity index (χ1v) is 14.9. The van der Waals surface area contributed by atoms with E-state index in [1.54, 1.807) is 23.7 Å². The molecular weight excluding hydrogens is 549 g/mol. The van der Waals surface area contributed by atoms with E-state index in [9.17, 15) is 0 Å². The third-order valence-electron chi connectivity index (χ3n) is 8.08. The molecule has 0 aliphatic rings. The minimum Gasteiger partial charge on any atom is -0.308 e. The van der Waals surface area contributed by atoms with Crippen LogP contribution in [0, 0.1) is 0 Å². The van der Waals surface area contributed by atoms with Crippen LogP contribution in [-0.2, 0) is 0 Å². The van der Waals surface area contributed by atoms with Crippen LogP contribution >= 0.6 is 11.3 Å². The minimum absolute atomic E-state index is 0.882.